The van der Waals surface area contributed by atoms with Crippen molar-refractivity contribution in [2.45, 2.75) is 12.5 Å². The summed E-state index contributed by atoms with van der Waals surface area (Å²) in [5.41, 5.74) is 0.429. The van der Waals surface area contributed by atoms with E-state index < -0.39 is 23.5 Å². The molecule has 7 heteroatoms. The summed E-state index contributed by atoms with van der Waals surface area (Å²) in [6, 6.07) is 7.72. The van der Waals surface area contributed by atoms with Crippen LogP contribution in [0, 0.1) is 0 Å². The van der Waals surface area contributed by atoms with E-state index in [4.69, 9.17) is 9.84 Å². The van der Waals surface area contributed by atoms with Gasteiger partial charge in [-0.2, -0.15) is 0 Å². The Morgan fingerprint density at radius 2 is 1.58 bits per heavy atom. The zero-order valence-electron chi connectivity index (χ0n) is 13.4. The molecule has 1 heterocycles. The number of carbonyl (C=O) groups excluding carboxylic acids is 3. The molecule has 1 aliphatic carbocycles. The van der Waals surface area contributed by atoms with E-state index in [2.05, 4.69) is 5.32 Å². The fourth-order valence-electron chi connectivity index (χ4n) is 3.00. The zero-order chi connectivity index (χ0) is 18.4. The lowest BCUT2D eigenvalue weighted by molar-refractivity contribution is -0.138. The van der Waals surface area contributed by atoms with Crippen molar-refractivity contribution in [3.8, 4) is 5.75 Å². The van der Waals surface area contributed by atoms with Gasteiger partial charge in [-0.1, -0.05) is 0 Å². The predicted molar refractivity (Wildman–Crippen MR) is 88.8 cm³/mol. The molecule has 4 rings (SSSR count). The zero-order valence-corrected chi connectivity index (χ0v) is 13.4. The molecule has 0 saturated carbocycles. The van der Waals surface area contributed by atoms with Gasteiger partial charge in [0, 0.05) is 22.3 Å². The van der Waals surface area contributed by atoms with Crippen LogP contribution in [0.4, 0.5) is 0 Å². The molecule has 0 bridgehead atoms. The third kappa shape index (κ3) is 2.49. The molecule has 2 aliphatic rings. The molecule has 7 nitrogen and oxygen atoms in total. The van der Waals surface area contributed by atoms with Gasteiger partial charge < -0.3 is 15.2 Å². The molecule has 130 valence electrons. The van der Waals surface area contributed by atoms with Crippen molar-refractivity contribution in [2.75, 3.05) is 6.54 Å². The van der Waals surface area contributed by atoms with Crippen molar-refractivity contribution in [1.82, 2.24) is 5.32 Å². The van der Waals surface area contributed by atoms with Gasteiger partial charge in [0.1, 0.15) is 11.8 Å². The number of esters is 1. The van der Waals surface area contributed by atoms with Gasteiger partial charge in [0.2, 0.25) is 0 Å². The van der Waals surface area contributed by atoms with Gasteiger partial charge in [0.25, 0.3) is 0 Å². The average molecular weight is 351 g/mol. The highest BCUT2D eigenvalue weighted by molar-refractivity contribution is 6.28. The fraction of sp³-hybridized carbons (Fsp3) is 0.158. The van der Waals surface area contributed by atoms with Gasteiger partial charge in [-0.25, -0.2) is 9.59 Å². The molecule has 2 aromatic carbocycles. The van der Waals surface area contributed by atoms with Gasteiger partial charge in [0.15, 0.2) is 11.6 Å². The quantitative estimate of drug-likeness (QED) is 0.542. The Morgan fingerprint density at radius 3 is 2.15 bits per heavy atom. The number of hydrogen-bond acceptors (Lipinski definition) is 6. The summed E-state index contributed by atoms with van der Waals surface area (Å²) in [6.07, 6.45) is 0.695. The lowest BCUT2D eigenvalue weighted by Crippen LogP contribution is -2.50. The Labute approximate surface area is 147 Å². The molecule has 2 N–H and O–H groups in total. The molecule has 1 unspecified atom stereocenters. The minimum Gasteiger partial charge on any atom is -0.478 e. The predicted octanol–water partition coefficient (Wildman–Crippen LogP) is 1.43. The number of hydrogen-bond donors (Lipinski definition) is 2. The number of carboxylic acid groups (broad SMARTS) is 1. The highest BCUT2D eigenvalue weighted by atomic mass is 16.5. The number of rotatable bonds is 3. The fourth-order valence-corrected chi connectivity index (χ4v) is 3.00. The second-order valence-corrected chi connectivity index (χ2v) is 6.15. The maximum Gasteiger partial charge on any atom is 0.335 e. The SMILES string of the molecule is O=C(O)c1ccc2c(c1)C(=O)c1ccc(OC(=O)C3CCN3)cc1C2=O. The largest absolute Gasteiger partial charge is 0.478 e. The first kappa shape index (κ1) is 16.2. The average Bonchev–Trinajstić information content (AvgIpc) is 2.57. The van der Waals surface area contributed by atoms with Gasteiger partial charge in [-0.3, -0.25) is 9.59 Å². The Morgan fingerprint density at radius 1 is 0.962 bits per heavy atom. The standard InChI is InChI=1S/C19H13NO6/c21-16-12-4-2-10(26-19(25)15-5-6-20-15)8-14(12)17(22)11-3-1-9(18(23)24)7-13(11)16/h1-4,7-8,15,20H,5-6H2,(H,23,24). The minimum atomic E-state index is -1.18. The van der Waals surface area contributed by atoms with E-state index in [9.17, 15) is 19.2 Å². The van der Waals surface area contributed by atoms with E-state index in [-0.39, 0.29) is 39.6 Å². The van der Waals surface area contributed by atoms with Crippen LogP contribution in [0.3, 0.4) is 0 Å². The molecule has 0 spiro atoms. The van der Waals surface area contributed by atoms with Crippen LogP contribution in [0.2, 0.25) is 0 Å². The van der Waals surface area contributed by atoms with Crippen LogP contribution >= 0.6 is 0 Å². The Balaban J connectivity index is 1.70. The summed E-state index contributed by atoms with van der Waals surface area (Å²) < 4.78 is 5.26. The van der Waals surface area contributed by atoms with E-state index in [1.807, 2.05) is 0 Å². The normalized spacial score (nSPS) is 17.8. The molecule has 26 heavy (non-hydrogen) atoms. The van der Waals surface area contributed by atoms with Crippen molar-refractivity contribution in [2.24, 2.45) is 0 Å². The van der Waals surface area contributed by atoms with Crippen LogP contribution in [-0.4, -0.2) is 41.2 Å². The molecular formula is C19H13NO6. The van der Waals surface area contributed by atoms with E-state index in [1.165, 1.54) is 36.4 Å². The van der Waals surface area contributed by atoms with Crippen LogP contribution < -0.4 is 10.1 Å². The smallest absolute Gasteiger partial charge is 0.335 e. The number of fused-ring (bicyclic) bond motifs is 2. The summed E-state index contributed by atoms with van der Waals surface area (Å²) in [4.78, 5) is 48.4. The first-order valence-electron chi connectivity index (χ1n) is 8.01. The van der Waals surface area contributed by atoms with Crippen molar-refractivity contribution in [3.05, 3.63) is 64.2 Å². The Hall–Kier alpha value is -3.32. The number of aromatic carboxylic acids is 1. The van der Waals surface area contributed by atoms with Gasteiger partial charge in [-0.05, 0) is 49.4 Å². The summed E-state index contributed by atoms with van der Waals surface area (Å²) in [6.45, 7) is 0.756. The number of carbonyl (C=O) groups is 4. The molecule has 1 fully saturated rings. The number of nitrogens with one attached hydrogen (secondary N) is 1. The van der Waals surface area contributed by atoms with E-state index in [0.717, 1.165) is 6.54 Å². The van der Waals surface area contributed by atoms with Crippen LogP contribution in [0.1, 0.15) is 48.6 Å². The summed E-state index contributed by atoms with van der Waals surface area (Å²) in [5.74, 6) is -2.26. The maximum atomic E-state index is 12.7. The van der Waals surface area contributed by atoms with E-state index in [0.29, 0.717) is 6.42 Å². The van der Waals surface area contributed by atoms with Gasteiger partial charge in [-0.15, -0.1) is 0 Å². The molecule has 1 atom stereocenters. The van der Waals surface area contributed by atoms with Crippen LogP contribution in [-0.2, 0) is 4.79 Å². The summed E-state index contributed by atoms with van der Waals surface area (Å²) in [7, 11) is 0. The number of ether oxygens (including phenoxy) is 1. The number of carboxylic acids is 1. The molecule has 0 radical (unpaired) electrons. The lowest BCUT2D eigenvalue weighted by Gasteiger charge is -2.25. The summed E-state index contributed by atoms with van der Waals surface area (Å²) >= 11 is 0. The second-order valence-electron chi connectivity index (χ2n) is 6.15. The minimum absolute atomic E-state index is 0.0609. The van der Waals surface area contributed by atoms with Gasteiger partial charge in [0.05, 0.1) is 5.56 Å². The topological polar surface area (TPSA) is 110 Å². The highest BCUT2D eigenvalue weighted by Crippen LogP contribution is 2.30. The van der Waals surface area contributed by atoms with E-state index in [1.54, 1.807) is 0 Å². The Bertz CT molecular complexity index is 990. The van der Waals surface area contributed by atoms with Crippen molar-refractivity contribution in [3.63, 3.8) is 0 Å². The molecular weight excluding hydrogens is 338 g/mol. The second kappa shape index (κ2) is 5.89. The van der Waals surface area contributed by atoms with Gasteiger partial charge >= 0.3 is 11.9 Å². The molecule has 1 aliphatic heterocycles. The van der Waals surface area contributed by atoms with Crippen LogP contribution in [0.5, 0.6) is 5.75 Å². The van der Waals surface area contributed by atoms with Crippen LogP contribution in [0.25, 0.3) is 0 Å². The number of benzene rings is 2. The van der Waals surface area contributed by atoms with Crippen molar-refractivity contribution >= 4 is 23.5 Å². The van der Waals surface area contributed by atoms with Crippen LogP contribution in [0.15, 0.2) is 36.4 Å². The molecule has 1 saturated heterocycles. The molecule has 2 aromatic rings. The third-order valence-corrected chi connectivity index (χ3v) is 4.56. The number of ketones is 2. The summed E-state index contributed by atoms with van der Waals surface area (Å²) in [5, 5.41) is 12.0. The monoisotopic (exact) mass is 351 g/mol. The van der Waals surface area contributed by atoms with E-state index >= 15 is 0 Å². The highest BCUT2D eigenvalue weighted by Gasteiger charge is 2.32. The first-order valence-corrected chi connectivity index (χ1v) is 8.01. The van der Waals surface area contributed by atoms with Crippen molar-refractivity contribution in [1.29, 1.82) is 0 Å². The molecule has 0 amide bonds. The maximum absolute atomic E-state index is 12.7. The first-order chi connectivity index (χ1) is 12.5. The van der Waals surface area contributed by atoms with Crippen molar-refractivity contribution < 1.29 is 29.0 Å². The third-order valence-electron chi connectivity index (χ3n) is 4.56. The lowest BCUT2D eigenvalue weighted by atomic mass is 9.83. The molecule has 0 aromatic heterocycles. The Kier molecular flexibility index (Phi) is 3.66.